The lowest BCUT2D eigenvalue weighted by atomic mass is 9.46. The summed E-state index contributed by atoms with van der Waals surface area (Å²) in [6.07, 6.45) is 18.2. The Kier molecular flexibility index (Phi) is 3.07. The van der Waals surface area contributed by atoms with Crippen molar-refractivity contribution >= 4 is 18.9 Å². The van der Waals surface area contributed by atoms with Crippen molar-refractivity contribution in [3.63, 3.8) is 0 Å². The lowest BCUT2D eigenvalue weighted by Gasteiger charge is -2.59. The van der Waals surface area contributed by atoms with E-state index in [1.165, 1.54) is 49.9 Å². The molecule has 0 spiro atoms. The van der Waals surface area contributed by atoms with Crippen molar-refractivity contribution in [3.05, 3.63) is 23.3 Å². The Labute approximate surface area is 176 Å². The van der Waals surface area contributed by atoms with Gasteiger partial charge in [0, 0.05) is 11.4 Å². The second-order valence-electron chi connectivity index (χ2n) is 12.9. The number of hydrogen-bond acceptors (Lipinski definition) is 2. The molecule has 0 aromatic heterocycles. The number of anilines is 2. The van der Waals surface area contributed by atoms with E-state index in [-0.39, 0.29) is 0 Å². The van der Waals surface area contributed by atoms with Crippen molar-refractivity contribution in [2.24, 2.45) is 35.5 Å². The summed E-state index contributed by atoms with van der Waals surface area (Å²) in [6.45, 7) is 0. The van der Waals surface area contributed by atoms with Crippen LogP contribution in [0.5, 0.6) is 0 Å². The summed E-state index contributed by atoms with van der Waals surface area (Å²) in [7, 11) is 0.930. The van der Waals surface area contributed by atoms with Crippen LogP contribution in [-0.2, 0) is 10.8 Å². The van der Waals surface area contributed by atoms with E-state index in [9.17, 15) is 0 Å². The van der Waals surface area contributed by atoms with Crippen LogP contribution in [0.3, 0.4) is 0 Å². The van der Waals surface area contributed by atoms with Crippen molar-refractivity contribution in [2.75, 3.05) is 10.5 Å². The van der Waals surface area contributed by atoms with Gasteiger partial charge in [0.25, 0.3) is 0 Å². The number of nitrogens with one attached hydrogen (secondary N) is 2. The van der Waals surface area contributed by atoms with Gasteiger partial charge in [-0.15, -0.1) is 0 Å². The summed E-state index contributed by atoms with van der Waals surface area (Å²) in [5.41, 5.74) is 7.47. The van der Waals surface area contributed by atoms with E-state index >= 15 is 0 Å². The third kappa shape index (κ3) is 2.21. The van der Waals surface area contributed by atoms with E-state index in [4.69, 9.17) is 0 Å². The van der Waals surface area contributed by atoms with Gasteiger partial charge in [-0.1, -0.05) is 6.07 Å². The molecule has 1 aromatic rings. The third-order valence-electron chi connectivity index (χ3n) is 10.9. The highest BCUT2D eigenvalue weighted by Gasteiger charge is 2.55. The van der Waals surface area contributed by atoms with Crippen molar-refractivity contribution < 1.29 is 0 Å². The SMILES string of the molecule is B1Nc2cc(C34CC5CC(CC(C5)C3)C4)cc(C34CC5CC(CC(C5)C3)C4)c2N1. The molecule has 8 bridgehead atoms. The van der Waals surface area contributed by atoms with Crippen LogP contribution < -0.4 is 10.5 Å². The lowest BCUT2D eigenvalue weighted by molar-refractivity contribution is -0.00808. The molecule has 152 valence electrons. The molecule has 0 radical (unpaired) electrons. The maximum atomic E-state index is 3.78. The zero-order valence-corrected chi connectivity index (χ0v) is 17.8. The van der Waals surface area contributed by atoms with E-state index in [1.54, 1.807) is 49.7 Å². The van der Waals surface area contributed by atoms with E-state index < -0.39 is 0 Å². The topological polar surface area (TPSA) is 24.1 Å². The van der Waals surface area contributed by atoms with E-state index in [0.717, 1.165) is 43.1 Å². The number of rotatable bonds is 2. The fourth-order valence-electron chi connectivity index (χ4n) is 10.8. The minimum absolute atomic E-state index is 0.496. The van der Waals surface area contributed by atoms with Crippen molar-refractivity contribution in [2.45, 2.75) is 87.9 Å². The minimum atomic E-state index is 0.496. The molecule has 2 N–H and O–H groups in total. The molecule has 10 rings (SSSR count). The van der Waals surface area contributed by atoms with Gasteiger partial charge in [-0.2, -0.15) is 0 Å². The first kappa shape index (κ1) is 16.6. The van der Waals surface area contributed by atoms with Gasteiger partial charge < -0.3 is 10.5 Å². The first-order chi connectivity index (χ1) is 14.2. The number of benzene rings is 1. The van der Waals surface area contributed by atoms with Crippen LogP contribution in [0, 0.1) is 35.5 Å². The molecular formula is C26H35BN2. The molecule has 0 amide bonds. The smallest absolute Gasteiger partial charge is 0.351 e. The Balaban J connectivity index is 1.28. The Hall–Kier alpha value is -1.12. The largest absolute Gasteiger partial charge is 0.411 e. The summed E-state index contributed by atoms with van der Waals surface area (Å²) >= 11 is 0. The fourth-order valence-corrected chi connectivity index (χ4v) is 10.8. The summed E-state index contributed by atoms with van der Waals surface area (Å²) in [4.78, 5) is 0. The Bertz CT molecular complexity index is 818. The molecule has 1 aromatic carbocycles. The van der Waals surface area contributed by atoms with Gasteiger partial charge in [-0.25, -0.2) is 0 Å². The first-order valence-corrected chi connectivity index (χ1v) is 12.8. The average molecular weight is 386 g/mol. The molecule has 29 heavy (non-hydrogen) atoms. The predicted molar refractivity (Wildman–Crippen MR) is 121 cm³/mol. The van der Waals surface area contributed by atoms with Crippen LogP contribution in [0.25, 0.3) is 0 Å². The molecule has 2 nitrogen and oxygen atoms in total. The van der Waals surface area contributed by atoms with Crippen LogP contribution >= 0.6 is 0 Å². The predicted octanol–water partition coefficient (Wildman–Crippen LogP) is 5.73. The van der Waals surface area contributed by atoms with Crippen LogP contribution in [-0.4, -0.2) is 7.55 Å². The Morgan fingerprint density at radius 1 is 0.621 bits per heavy atom. The van der Waals surface area contributed by atoms with Crippen LogP contribution in [0.1, 0.15) is 88.2 Å². The van der Waals surface area contributed by atoms with Crippen molar-refractivity contribution in [1.29, 1.82) is 0 Å². The molecule has 8 aliphatic carbocycles. The molecule has 8 fully saturated rings. The normalized spacial score (nSPS) is 50.2. The van der Waals surface area contributed by atoms with Gasteiger partial charge in [0.15, 0.2) is 0 Å². The molecule has 1 heterocycles. The molecule has 1 aliphatic heterocycles. The third-order valence-corrected chi connectivity index (χ3v) is 10.9. The Morgan fingerprint density at radius 3 is 1.62 bits per heavy atom. The summed E-state index contributed by atoms with van der Waals surface area (Å²) in [6, 6.07) is 5.39. The van der Waals surface area contributed by atoms with Crippen molar-refractivity contribution in [1.82, 2.24) is 0 Å². The summed E-state index contributed by atoms with van der Waals surface area (Å²) in [5.74, 6) is 6.16. The number of fused-ring (bicyclic) bond motifs is 1. The highest BCUT2D eigenvalue weighted by molar-refractivity contribution is 6.49. The van der Waals surface area contributed by atoms with Crippen LogP contribution in [0.2, 0.25) is 0 Å². The van der Waals surface area contributed by atoms with Gasteiger partial charge in [0.05, 0.1) is 0 Å². The zero-order chi connectivity index (χ0) is 18.8. The van der Waals surface area contributed by atoms with E-state index in [1.807, 2.05) is 0 Å². The summed E-state index contributed by atoms with van der Waals surface area (Å²) < 4.78 is 0. The molecule has 0 unspecified atom stereocenters. The van der Waals surface area contributed by atoms with Crippen molar-refractivity contribution in [3.8, 4) is 0 Å². The highest BCUT2D eigenvalue weighted by Crippen LogP contribution is 2.65. The molecule has 3 heteroatoms. The van der Waals surface area contributed by atoms with Crippen LogP contribution in [0.4, 0.5) is 11.4 Å². The molecule has 9 aliphatic rings. The second kappa shape index (κ2) is 5.38. The summed E-state index contributed by atoms with van der Waals surface area (Å²) in [5, 5.41) is 7.52. The maximum absolute atomic E-state index is 3.78. The number of hydrogen-bond donors (Lipinski definition) is 2. The second-order valence-corrected chi connectivity index (χ2v) is 12.9. The highest BCUT2D eigenvalue weighted by atomic mass is 15.0. The monoisotopic (exact) mass is 386 g/mol. The lowest BCUT2D eigenvalue weighted by Crippen LogP contribution is -2.50. The minimum Gasteiger partial charge on any atom is -0.411 e. The average Bonchev–Trinajstić information content (AvgIpc) is 3.13. The zero-order valence-electron chi connectivity index (χ0n) is 17.8. The quantitative estimate of drug-likeness (QED) is 0.635. The molecule has 8 saturated carbocycles. The Morgan fingerprint density at radius 2 is 1.10 bits per heavy atom. The molecular weight excluding hydrogens is 351 g/mol. The standard InChI is InChI=1S/C26H35BN2/c1-15-2-17-3-16(1)10-25(9-15,11-17)21-7-22(24-23(8-21)28-27-29-24)26-12-18-4-19(13-26)6-20(5-18)14-26/h7-8,15-20,27-29H,1-6,9-14H2. The fraction of sp³-hybridized carbons (Fsp3) is 0.769. The molecule has 0 atom stereocenters. The van der Waals surface area contributed by atoms with Gasteiger partial charge in [-0.3, -0.25) is 0 Å². The van der Waals surface area contributed by atoms with E-state index in [2.05, 4.69) is 22.6 Å². The maximum Gasteiger partial charge on any atom is 0.351 e. The van der Waals surface area contributed by atoms with Crippen LogP contribution in [0.15, 0.2) is 12.1 Å². The van der Waals surface area contributed by atoms with Gasteiger partial charge in [-0.05, 0) is 141 Å². The molecule has 0 saturated heterocycles. The van der Waals surface area contributed by atoms with Gasteiger partial charge in [0.2, 0.25) is 0 Å². The first-order valence-electron chi connectivity index (χ1n) is 12.8. The van der Waals surface area contributed by atoms with E-state index in [0.29, 0.717) is 10.8 Å². The van der Waals surface area contributed by atoms with Gasteiger partial charge in [0.1, 0.15) is 0 Å². The van der Waals surface area contributed by atoms with Gasteiger partial charge >= 0.3 is 7.55 Å².